The van der Waals surface area contributed by atoms with Gasteiger partial charge in [0.2, 0.25) is 0 Å². The van der Waals surface area contributed by atoms with Gasteiger partial charge in [-0.1, -0.05) is 11.6 Å². The molecule has 2 rings (SSSR count). The highest BCUT2D eigenvalue weighted by atomic mass is 35.5. The van der Waals surface area contributed by atoms with E-state index in [9.17, 15) is 0 Å². The Morgan fingerprint density at radius 1 is 1.13 bits per heavy atom. The van der Waals surface area contributed by atoms with Crippen LogP contribution in [0.3, 0.4) is 0 Å². The van der Waals surface area contributed by atoms with Gasteiger partial charge in [-0.05, 0) is 30.3 Å². The number of benzene rings is 2. The molecule has 0 spiro atoms. The molecule has 0 aliphatic carbocycles. The van der Waals surface area contributed by atoms with E-state index in [1.807, 2.05) is 18.2 Å². The van der Waals surface area contributed by atoms with Crippen LogP contribution in [0.2, 0.25) is 5.02 Å². The second-order valence-corrected chi connectivity index (χ2v) is 4.92. The monoisotopic (exact) mass is 327 g/mol. The van der Waals surface area contributed by atoms with Crippen LogP contribution in [-0.4, -0.2) is 20.2 Å². The van der Waals surface area contributed by atoms with E-state index in [0.29, 0.717) is 34.3 Å². The molecule has 0 aliphatic rings. The molecular weight excluding hydrogens is 314 g/mol. The maximum absolute atomic E-state index is 9.02. The standard InChI is InChI=1S/C17H14ClN3O2/c1-22-15-6-4-13(17(8-15)23-2)10-20-11-21-16-7-14(18)5-3-12(16)9-19/h3-8H,10H2,1-2H3. The van der Waals surface area contributed by atoms with Crippen LogP contribution < -0.4 is 9.47 Å². The molecule has 0 N–H and O–H groups in total. The Balaban J connectivity index is 2.19. The van der Waals surface area contributed by atoms with Crippen molar-refractivity contribution in [3.63, 3.8) is 0 Å². The van der Waals surface area contributed by atoms with Crippen LogP contribution in [0.4, 0.5) is 5.69 Å². The summed E-state index contributed by atoms with van der Waals surface area (Å²) < 4.78 is 10.4. The van der Waals surface area contributed by atoms with E-state index in [-0.39, 0.29) is 0 Å². The van der Waals surface area contributed by atoms with Gasteiger partial charge in [0.25, 0.3) is 0 Å². The van der Waals surface area contributed by atoms with Crippen molar-refractivity contribution in [2.45, 2.75) is 6.54 Å². The molecule has 0 fully saturated rings. The highest BCUT2D eigenvalue weighted by Gasteiger charge is 2.04. The van der Waals surface area contributed by atoms with Gasteiger partial charge < -0.3 is 9.47 Å². The van der Waals surface area contributed by atoms with Gasteiger partial charge >= 0.3 is 0 Å². The van der Waals surface area contributed by atoms with Crippen LogP contribution in [0.5, 0.6) is 11.5 Å². The first kappa shape index (κ1) is 16.6. The lowest BCUT2D eigenvalue weighted by molar-refractivity contribution is 0.391. The smallest absolute Gasteiger partial charge is 0.127 e. The molecule has 0 radical (unpaired) electrons. The maximum atomic E-state index is 9.02. The third-order valence-electron chi connectivity index (χ3n) is 3.07. The molecule has 0 aromatic heterocycles. The van der Waals surface area contributed by atoms with Crippen molar-refractivity contribution in [3.05, 3.63) is 52.5 Å². The third-order valence-corrected chi connectivity index (χ3v) is 3.30. The number of hydrogen-bond acceptors (Lipinski definition) is 5. The molecule has 6 heteroatoms. The van der Waals surface area contributed by atoms with Crippen LogP contribution in [0.25, 0.3) is 0 Å². The summed E-state index contributed by atoms with van der Waals surface area (Å²) in [6, 6.07) is 14.9. The molecule has 0 bridgehead atoms. The zero-order chi connectivity index (χ0) is 16.7. The Hall–Kier alpha value is -2.80. The van der Waals surface area contributed by atoms with E-state index in [1.54, 1.807) is 38.5 Å². The normalized spacial score (nSPS) is 9.48. The largest absolute Gasteiger partial charge is 0.497 e. The fraction of sp³-hybridized carbons (Fsp3) is 0.176. The minimum atomic E-state index is 0.346. The van der Waals surface area contributed by atoms with Gasteiger partial charge in [0.15, 0.2) is 0 Å². The Kier molecular flexibility index (Phi) is 5.76. The molecule has 0 aliphatic heterocycles. The van der Waals surface area contributed by atoms with E-state index in [4.69, 9.17) is 26.3 Å². The lowest BCUT2D eigenvalue weighted by Crippen LogP contribution is -1.92. The number of ether oxygens (including phenoxy) is 2. The zero-order valence-corrected chi connectivity index (χ0v) is 13.5. The van der Waals surface area contributed by atoms with Crippen molar-refractivity contribution < 1.29 is 9.47 Å². The molecule has 2 aromatic carbocycles. The first-order valence-electron chi connectivity index (χ1n) is 6.70. The van der Waals surface area contributed by atoms with E-state index in [1.165, 1.54) is 0 Å². The second-order valence-electron chi connectivity index (χ2n) is 4.48. The number of nitrogens with zero attached hydrogens (tertiary/aromatic N) is 3. The SMILES string of the molecule is COc1ccc(CN=C=Nc2cc(Cl)ccc2C#N)c(OC)c1. The molecule has 0 amide bonds. The molecule has 23 heavy (non-hydrogen) atoms. The quantitative estimate of drug-likeness (QED) is 0.771. The molecule has 0 saturated heterocycles. The molecule has 5 nitrogen and oxygen atoms in total. The topological polar surface area (TPSA) is 67.0 Å². The predicted octanol–water partition coefficient (Wildman–Crippen LogP) is 4.23. The van der Waals surface area contributed by atoms with Gasteiger partial charge in [-0.15, -0.1) is 0 Å². The Morgan fingerprint density at radius 2 is 1.96 bits per heavy atom. The maximum Gasteiger partial charge on any atom is 0.127 e. The lowest BCUT2D eigenvalue weighted by Gasteiger charge is -2.07. The third kappa shape index (κ3) is 4.33. The summed E-state index contributed by atoms with van der Waals surface area (Å²) in [5.74, 6) is 1.39. The number of nitriles is 1. The summed E-state index contributed by atoms with van der Waals surface area (Å²) in [6.07, 6.45) is 0. The van der Waals surface area contributed by atoms with Crippen LogP contribution in [-0.2, 0) is 6.54 Å². The van der Waals surface area contributed by atoms with Crippen LogP contribution in [0, 0.1) is 11.3 Å². The Labute approximate surface area is 139 Å². The minimum absolute atomic E-state index is 0.346. The fourth-order valence-electron chi connectivity index (χ4n) is 1.88. The van der Waals surface area contributed by atoms with Crippen LogP contribution in [0.1, 0.15) is 11.1 Å². The summed E-state index contributed by atoms with van der Waals surface area (Å²) in [5.41, 5.74) is 1.73. The first-order chi connectivity index (χ1) is 11.2. The fourth-order valence-corrected chi connectivity index (χ4v) is 2.05. The van der Waals surface area contributed by atoms with E-state index in [0.717, 1.165) is 5.56 Å². The molecule has 2 aromatic rings. The zero-order valence-electron chi connectivity index (χ0n) is 12.7. The van der Waals surface area contributed by atoms with Crippen molar-refractivity contribution in [1.82, 2.24) is 0 Å². The first-order valence-corrected chi connectivity index (χ1v) is 7.08. The van der Waals surface area contributed by atoms with E-state index in [2.05, 4.69) is 16.0 Å². The molecule has 116 valence electrons. The number of rotatable bonds is 5. The average Bonchev–Trinajstić information content (AvgIpc) is 2.58. The minimum Gasteiger partial charge on any atom is -0.497 e. The van der Waals surface area contributed by atoms with Gasteiger partial charge in [0.1, 0.15) is 17.6 Å². The summed E-state index contributed by atoms with van der Waals surface area (Å²) in [7, 11) is 3.18. The van der Waals surface area contributed by atoms with E-state index >= 15 is 0 Å². The Morgan fingerprint density at radius 3 is 2.65 bits per heavy atom. The van der Waals surface area contributed by atoms with Crippen molar-refractivity contribution in [3.8, 4) is 17.6 Å². The molecule has 0 atom stereocenters. The summed E-state index contributed by atoms with van der Waals surface area (Å²) in [5, 5.41) is 9.52. The molecule has 0 heterocycles. The second kappa shape index (κ2) is 8.00. The summed E-state index contributed by atoms with van der Waals surface area (Å²) in [4.78, 5) is 8.17. The van der Waals surface area contributed by atoms with Gasteiger partial charge in [-0.25, -0.2) is 4.99 Å². The number of hydrogen-bond donors (Lipinski definition) is 0. The van der Waals surface area contributed by atoms with Gasteiger partial charge in [0.05, 0.1) is 38.0 Å². The molecule has 0 saturated carbocycles. The van der Waals surface area contributed by atoms with Crippen LogP contribution in [0.15, 0.2) is 46.4 Å². The van der Waals surface area contributed by atoms with Crippen LogP contribution >= 0.6 is 11.6 Å². The van der Waals surface area contributed by atoms with Gasteiger partial charge in [-0.2, -0.15) is 10.3 Å². The summed E-state index contributed by atoms with van der Waals surface area (Å²) >= 11 is 5.89. The molecular formula is C17H14ClN3O2. The highest BCUT2D eigenvalue weighted by molar-refractivity contribution is 6.30. The lowest BCUT2D eigenvalue weighted by atomic mass is 10.2. The molecule has 0 unspecified atom stereocenters. The van der Waals surface area contributed by atoms with Crippen molar-refractivity contribution in [1.29, 1.82) is 5.26 Å². The van der Waals surface area contributed by atoms with Crippen molar-refractivity contribution in [2.75, 3.05) is 14.2 Å². The average molecular weight is 328 g/mol. The summed E-state index contributed by atoms with van der Waals surface area (Å²) in [6.45, 7) is 0.346. The van der Waals surface area contributed by atoms with Gasteiger partial charge in [0, 0.05) is 16.7 Å². The van der Waals surface area contributed by atoms with Gasteiger partial charge in [-0.3, -0.25) is 0 Å². The number of aliphatic imine (C=N–C) groups is 2. The van der Waals surface area contributed by atoms with Crippen molar-refractivity contribution >= 4 is 23.3 Å². The van der Waals surface area contributed by atoms with E-state index < -0.39 is 0 Å². The number of halogens is 1. The highest BCUT2D eigenvalue weighted by Crippen LogP contribution is 2.25. The number of methoxy groups -OCH3 is 2. The predicted molar refractivity (Wildman–Crippen MR) is 88.9 cm³/mol. The Bertz CT molecular complexity index is 806. The van der Waals surface area contributed by atoms with Crippen molar-refractivity contribution in [2.24, 2.45) is 9.98 Å².